The molecule has 0 saturated carbocycles. The van der Waals surface area contributed by atoms with Crippen LogP contribution in [0.3, 0.4) is 0 Å². The number of hydrogen-bond donors (Lipinski definition) is 2. The second-order valence-corrected chi connectivity index (χ2v) is 4.28. The molecule has 1 heterocycles. The summed E-state index contributed by atoms with van der Waals surface area (Å²) in [6, 6.07) is 8.20. The Labute approximate surface area is 106 Å². The molecule has 0 unspecified atom stereocenters. The summed E-state index contributed by atoms with van der Waals surface area (Å²) in [4.78, 5) is 15.7. The molecule has 0 aliphatic heterocycles. The summed E-state index contributed by atoms with van der Waals surface area (Å²) < 4.78 is 0.724. The van der Waals surface area contributed by atoms with Gasteiger partial charge < -0.3 is 10.4 Å². The van der Waals surface area contributed by atoms with E-state index in [1.807, 2.05) is 0 Å². The molecule has 0 fully saturated rings. The maximum Gasteiger partial charge on any atom is 0.257 e. The smallest absolute Gasteiger partial charge is 0.257 e. The van der Waals surface area contributed by atoms with Gasteiger partial charge in [-0.2, -0.15) is 0 Å². The molecule has 0 aliphatic carbocycles. The molecule has 1 aromatic heterocycles. The minimum atomic E-state index is -0.319. The van der Waals surface area contributed by atoms with Crippen molar-refractivity contribution in [1.29, 1.82) is 0 Å². The van der Waals surface area contributed by atoms with Crippen LogP contribution < -0.4 is 5.32 Å². The molecule has 0 spiro atoms. The Kier molecular flexibility index (Phi) is 3.39. The largest absolute Gasteiger partial charge is 0.506 e. The summed E-state index contributed by atoms with van der Waals surface area (Å²) in [7, 11) is 0. The zero-order valence-electron chi connectivity index (χ0n) is 8.72. The van der Waals surface area contributed by atoms with E-state index < -0.39 is 0 Å². The highest BCUT2D eigenvalue weighted by Crippen LogP contribution is 2.22. The predicted octanol–water partition coefficient (Wildman–Crippen LogP) is 2.80. The Hall–Kier alpha value is -1.88. The van der Waals surface area contributed by atoms with Gasteiger partial charge in [-0.05, 0) is 34.1 Å². The number of phenolic OH excluding ortho intramolecular Hbond substituents is 1. The van der Waals surface area contributed by atoms with Crippen molar-refractivity contribution in [2.24, 2.45) is 0 Å². The molecule has 5 heteroatoms. The summed E-state index contributed by atoms with van der Waals surface area (Å²) in [5.74, 6) is -0.288. The van der Waals surface area contributed by atoms with Crippen LogP contribution in [0, 0.1) is 0 Å². The lowest BCUT2D eigenvalue weighted by atomic mass is 10.2. The van der Waals surface area contributed by atoms with E-state index >= 15 is 0 Å². The molecule has 0 bridgehead atoms. The number of halogens is 1. The third-order valence-corrected chi connectivity index (χ3v) is 2.55. The Morgan fingerprint density at radius 1 is 1.29 bits per heavy atom. The molecule has 17 heavy (non-hydrogen) atoms. The minimum Gasteiger partial charge on any atom is -0.506 e. The number of carbonyl (C=O) groups is 1. The van der Waals surface area contributed by atoms with Crippen molar-refractivity contribution >= 4 is 27.5 Å². The predicted molar refractivity (Wildman–Crippen MR) is 68.0 cm³/mol. The van der Waals surface area contributed by atoms with E-state index in [1.165, 1.54) is 12.3 Å². The zero-order valence-corrected chi connectivity index (χ0v) is 10.3. The molecular weight excluding hydrogens is 284 g/mol. The number of para-hydroxylation sites is 2. The van der Waals surface area contributed by atoms with Crippen molar-refractivity contribution in [2.45, 2.75) is 0 Å². The second kappa shape index (κ2) is 4.97. The minimum absolute atomic E-state index is 0.0313. The highest BCUT2D eigenvalue weighted by molar-refractivity contribution is 9.10. The van der Waals surface area contributed by atoms with Gasteiger partial charge in [-0.3, -0.25) is 9.78 Å². The average Bonchev–Trinajstić information content (AvgIpc) is 2.32. The van der Waals surface area contributed by atoms with Crippen LogP contribution >= 0.6 is 15.9 Å². The fraction of sp³-hybridized carbons (Fsp3) is 0. The number of amides is 1. The molecule has 4 nitrogen and oxygen atoms in total. The fourth-order valence-corrected chi connectivity index (χ4v) is 1.67. The van der Waals surface area contributed by atoms with Crippen LogP contribution in [-0.4, -0.2) is 16.0 Å². The van der Waals surface area contributed by atoms with Gasteiger partial charge in [-0.15, -0.1) is 0 Å². The van der Waals surface area contributed by atoms with Crippen molar-refractivity contribution in [3.63, 3.8) is 0 Å². The molecule has 0 atom stereocenters. The van der Waals surface area contributed by atoms with Crippen molar-refractivity contribution < 1.29 is 9.90 Å². The number of rotatable bonds is 2. The lowest BCUT2D eigenvalue weighted by Crippen LogP contribution is -2.12. The molecule has 2 rings (SSSR count). The van der Waals surface area contributed by atoms with Crippen molar-refractivity contribution in [3.05, 3.63) is 52.8 Å². The number of nitrogens with one attached hydrogen (secondary N) is 1. The third kappa shape index (κ3) is 2.82. The van der Waals surface area contributed by atoms with Crippen LogP contribution in [0.2, 0.25) is 0 Å². The molecule has 1 aromatic carbocycles. The Bertz CT molecular complexity index is 558. The number of benzene rings is 1. The Morgan fingerprint density at radius 3 is 2.76 bits per heavy atom. The Morgan fingerprint density at radius 2 is 2.06 bits per heavy atom. The van der Waals surface area contributed by atoms with Crippen LogP contribution in [-0.2, 0) is 0 Å². The maximum atomic E-state index is 11.8. The van der Waals surface area contributed by atoms with Crippen molar-refractivity contribution in [2.75, 3.05) is 5.32 Å². The number of hydrogen-bond acceptors (Lipinski definition) is 3. The number of pyridine rings is 1. The summed E-state index contributed by atoms with van der Waals surface area (Å²) in [6.45, 7) is 0. The number of nitrogens with zero attached hydrogens (tertiary/aromatic N) is 1. The first kappa shape index (κ1) is 11.6. The monoisotopic (exact) mass is 292 g/mol. The molecule has 2 aromatic rings. The van der Waals surface area contributed by atoms with Gasteiger partial charge in [0.25, 0.3) is 5.91 Å². The molecule has 86 valence electrons. The van der Waals surface area contributed by atoms with Gasteiger partial charge in [-0.1, -0.05) is 12.1 Å². The normalized spacial score (nSPS) is 9.94. The fourth-order valence-electron chi connectivity index (χ4n) is 1.31. The van der Waals surface area contributed by atoms with Gasteiger partial charge in [0.1, 0.15) is 5.75 Å². The SMILES string of the molecule is O=C(Nc1ccccc1O)c1cncc(Br)c1. The maximum absolute atomic E-state index is 11.8. The molecule has 0 radical (unpaired) electrons. The standard InChI is InChI=1S/C12H9BrN2O2/c13-9-5-8(6-14-7-9)12(17)15-10-3-1-2-4-11(10)16/h1-7,16H,(H,15,17). The zero-order chi connectivity index (χ0) is 12.3. The van der Waals surface area contributed by atoms with Gasteiger partial charge in [0.2, 0.25) is 0 Å². The van der Waals surface area contributed by atoms with E-state index in [1.54, 1.807) is 30.5 Å². The van der Waals surface area contributed by atoms with Gasteiger partial charge in [0.05, 0.1) is 11.3 Å². The van der Waals surface area contributed by atoms with Gasteiger partial charge >= 0.3 is 0 Å². The van der Waals surface area contributed by atoms with Gasteiger partial charge in [0.15, 0.2) is 0 Å². The quantitative estimate of drug-likeness (QED) is 0.837. The number of aromatic hydroxyl groups is 1. The first-order valence-electron chi connectivity index (χ1n) is 4.87. The van der Waals surface area contributed by atoms with Gasteiger partial charge in [0, 0.05) is 16.9 Å². The van der Waals surface area contributed by atoms with Crippen LogP contribution in [0.15, 0.2) is 47.2 Å². The van der Waals surface area contributed by atoms with Crippen molar-refractivity contribution in [3.8, 4) is 5.75 Å². The molecule has 2 N–H and O–H groups in total. The number of phenols is 1. The van der Waals surface area contributed by atoms with Crippen LogP contribution in [0.5, 0.6) is 5.75 Å². The lowest BCUT2D eigenvalue weighted by molar-refractivity contribution is 0.102. The molecule has 0 saturated heterocycles. The summed E-state index contributed by atoms with van der Waals surface area (Å²) in [5, 5.41) is 12.1. The first-order valence-corrected chi connectivity index (χ1v) is 5.66. The number of carbonyl (C=O) groups excluding carboxylic acids is 1. The van der Waals surface area contributed by atoms with Crippen LogP contribution in [0.25, 0.3) is 0 Å². The summed E-state index contributed by atoms with van der Waals surface area (Å²) in [5.41, 5.74) is 0.792. The molecular formula is C12H9BrN2O2. The van der Waals surface area contributed by atoms with Crippen LogP contribution in [0.4, 0.5) is 5.69 Å². The number of aromatic nitrogens is 1. The van der Waals surface area contributed by atoms with E-state index in [9.17, 15) is 9.90 Å². The topological polar surface area (TPSA) is 62.2 Å². The summed E-state index contributed by atoms with van der Waals surface area (Å²) >= 11 is 3.24. The van der Waals surface area contributed by atoms with E-state index in [4.69, 9.17) is 0 Å². The van der Waals surface area contributed by atoms with E-state index in [0.717, 1.165) is 4.47 Å². The average molecular weight is 293 g/mol. The van der Waals surface area contributed by atoms with Crippen LogP contribution in [0.1, 0.15) is 10.4 Å². The first-order chi connectivity index (χ1) is 8.16. The summed E-state index contributed by atoms with van der Waals surface area (Å²) in [6.07, 6.45) is 3.05. The highest BCUT2D eigenvalue weighted by atomic mass is 79.9. The van der Waals surface area contributed by atoms with E-state index in [-0.39, 0.29) is 11.7 Å². The van der Waals surface area contributed by atoms with Crippen molar-refractivity contribution in [1.82, 2.24) is 4.98 Å². The second-order valence-electron chi connectivity index (χ2n) is 3.36. The molecule has 0 aliphatic rings. The van der Waals surface area contributed by atoms with E-state index in [2.05, 4.69) is 26.2 Å². The highest BCUT2D eigenvalue weighted by Gasteiger charge is 2.08. The lowest BCUT2D eigenvalue weighted by Gasteiger charge is -2.06. The van der Waals surface area contributed by atoms with E-state index in [0.29, 0.717) is 11.3 Å². The Balaban J connectivity index is 2.20. The third-order valence-electron chi connectivity index (χ3n) is 2.12. The molecule has 1 amide bonds. The number of anilines is 1. The van der Waals surface area contributed by atoms with Gasteiger partial charge in [-0.25, -0.2) is 0 Å².